The van der Waals surface area contributed by atoms with Crippen molar-refractivity contribution in [1.29, 1.82) is 0 Å². The maximum absolute atomic E-state index is 12.5. The first-order chi connectivity index (χ1) is 11.6. The fourth-order valence-corrected chi connectivity index (χ4v) is 4.38. The Labute approximate surface area is 164 Å². The van der Waals surface area contributed by atoms with Gasteiger partial charge in [0.05, 0.1) is 4.90 Å². The molecule has 0 spiro atoms. The molecule has 1 rings (SSSR count). The molecule has 0 aliphatic carbocycles. The SMILES string of the molecule is CCN(CC)S(=O)(=O)c1ccc(C(=O)NC(C)(CN)CC(C)C)cc1.Cl. The molecular weight excluding hydrogens is 374 g/mol. The Morgan fingerprint density at radius 1 is 1.19 bits per heavy atom. The minimum Gasteiger partial charge on any atom is -0.346 e. The topological polar surface area (TPSA) is 92.5 Å². The van der Waals surface area contributed by atoms with E-state index in [2.05, 4.69) is 19.2 Å². The Hall–Kier alpha value is -1.15. The lowest BCUT2D eigenvalue weighted by atomic mass is 9.90. The number of nitrogens with one attached hydrogen (secondary N) is 1. The number of rotatable bonds is 9. The zero-order valence-electron chi connectivity index (χ0n) is 16.3. The Morgan fingerprint density at radius 2 is 1.69 bits per heavy atom. The van der Waals surface area contributed by atoms with Crippen LogP contribution in [-0.4, -0.2) is 43.8 Å². The molecule has 1 amide bonds. The molecule has 150 valence electrons. The average molecular weight is 406 g/mol. The first-order valence-electron chi connectivity index (χ1n) is 8.72. The quantitative estimate of drug-likeness (QED) is 0.660. The van der Waals surface area contributed by atoms with E-state index in [1.165, 1.54) is 28.6 Å². The predicted molar refractivity (Wildman–Crippen MR) is 108 cm³/mol. The Kier molecular flexibility index (Phi) is 9.80. The van der Waals surface area contributed by atoms with Crippen molar-refractivity contribution in [3.8, 4) is 0 Å². The summed E-state index contributed by atoms with van der Waals surface area (Å²) in [7, 11) is -3.52. The van der Waals surface area contributed by atoms with Crippen LogP contribution in [0.1, 0.15) is 51.4 Å². The van der Waals surface area contributed by atoms with Gasteiger partial charge in [0, 0.05) is 30.7 Å². The van der Waals surface area contributed by atoms with Gasteiger partial charge in [-0.05, 0) is 43.5 Å². The van der Waals surface area contributed by atoms with Crippen LogP contribution in [-0.2, 0) is 10.0 Å². The second-order valence-electron chi connectivity index (χ2n) is 6.93. The van der Waals surface area contributed by atoms with E-state index >= 15 is 0 Å². The van der Waals surface area contributed by atoms with Crippen LogP contribution < -0.4 is 11.1 Å². The van der Waals surface area contributed by atoms with E-state index in [9.17, 15) is 13.2 Å². The van der Waals surface area contributed by atoms with Crippen molar-refractivity contribution in [2.24, 2.45) is 11.7 Å². The summed E-state index contributed by atoms with van der Waals surface area (Å²) in [6.07, 6.45) is 0.768. The molecule has 1 atom stereocenters. The van der Waals surface area contributed by atoms with Crippen LogP contribution in [0.5, 0.6) is 0 Å². The molecule has 1 aromatic rings. The number of halogens is 1. The summed E-state index contributed by atoms with van der Waals surface area (Å²) < 4.78 is 26.3. The van der Waals surface area contributed by atoms with Crippen LogP contribution in [0.3, 0.4) is 0 Å². The second-order valence-corrected chi connectivity index (χ2v) is 8.87. The van der Waals surface area contributed by atoms with Gasteiger partial charge in [-0.2, -0.15) is 4.31 Å². The van der Waals surface area contributed by atoms with E-state index in [-0.39, 0.29) is 23.2 Å². The zero-order valence-corrected chi connectivity index (χ0v) is 17.9. The van der Waals surface area contributed by atoms with E-state index in [0.29, 0.717) is 31.1 Å². The third kappa shape index (κ3) is 6.23. The third-order valence-electron chi connectivity index (χ3n) is 4.18. The molecule has 26 heavy (non-hydrogen) atoms. The number of carbonyl (C=O) groups is 1. The highest BCUT2D eigenvalue weighted by Crippen LogP contribution is 2.18. The highest BCUT2D eigenvalue weighted by Gasteiger charge is 2.27. The molecule has 0 fully saturated rings. The number of nitrogens with zero attached hydrogens (tertiary/aromatic N) is 1. The summed E-state index contributed by atoms with van der Waals surface area (Å²) in [4.78, 5) is 12.7. The largest absolute Gasteiger partial charge is 0.346 e. The smallest absolute Gasteiger partial charge is 0.251 e. The molecule has 8 heteroatoms. The van der Waals surface area contributed by atoms with Crippen molar-refractivity contribution < 1.29 is 13.2 Å². The van der Waals surface area contributed by atoms with Crippen LogP contribution in [0.4, 0.5) is 0 Å². The lowest BCUT2D eigenvalue weighted by Crippen LogP contribution is -2.52. The van der Waals surface area contributed by atoms with E-state index < -0.39 is 15.6 Å². The lowest BCUT2D eigenvalue weighted by Gasteiger charge is -2.31. The van der Waals surface area contributed by atoms with Gasteiger partial charge < -0.3 is 11.1 Å². The van der Waals surface area contributed by atoms with Gasteiger partial charge in [0.25, 0.3) is 5.91 Å². The van der Waals surface area contributed by atoms with Crippen molar-refractivity contribution in [2.75, 3.05) is 19.6 Å². The molecule has 0 aliphatic rings. The van der Waals surface area contributed by atoms with Crippen LogP contribution >= 0.6 is 12.4 Å². The zero-order chi connectivity index (χ0) is 19.3. The van der Waals surface area contributed by atoms with Gasteiger partial charge >= 0.3 is 0 Å². The summed E-state index contributed by atoms with van der Waals surface area (Å²) in [5, 5.41) is 2.97. The Bertz CT molecular complexity index is 673. The fourth-order valence-electron chi connectivity index (χ4n) is 2.92. The van der Waals surface area contributed by atoms with Crippen molar-refractivity contribution in [3.05, 3.63) is 29.8 Å². The molecule has 0 saturated carbocycles. The first kappa shape index (κ1) is 24.8. The van der Waals surface area contributed by atoms with E-state index in [4.69, 9.17) is 5.73 Å². The highest BCUT2D eigenvalue weighted by molar-refractivity contribution is 7.89. The number of carbonyl (C=O) groups excluding carboxylic acids is 1. The highest BCUT2D eigenvalue weighted by atomic mass is 35.5. The molecule has 1 unspecified atom stereocenters. The molecule has 6 nitrogen and oxygen atoms in total. The number of amides is 1. The second kappa shape index (κ2) is 10.3. The van der Waals surface area contributed by atoms with E-state index in [1.807, 2.05) is 6.92 Å². The summed E-state index contributed by atoms with van der Waals surface area (Å²) >= 11 is 0. The maximum atomic E-state index is 12.5. The van der Waals surface area contributed by atoms with Crippen LogP contribution in [0.2, 0.25) is 0 Å². The van der Waals surface area contributed by atoms with Gasteiger partial charge in [-0.15, -0.1) is 12.4 Å². The van der Waals surface area contributed by atoms with Crippen molar-refractivity contribution >= 4 is 28.3 Å². The molecule has 0 saturated heterocycles. The molecule has 1 aromatic carbocycles. The molecule has 3 N–H and O–H groups in total. The predicted octanol–water partition coefficient (Wildman–Crippen LogP) is 2.63. The Morgan fingerprint density at radius 3 is 2.08 bits per heavy atom. The van der Waals surface area contributed by atoms with E-state index in [1.54, 1.807) is 13.8 Å². The maximum Gasteiger partial charge on any atom is 0.251 e. The van der Waals surface area contributed by atoms with Gasteiger partial charge in [-0.3, -0.25) is 4.79 Å². The minimum absolute atomic E-state index is 0. The molecule has 0 aliphatic heterocycles. The number of benzene rings is 1. The Balaban J connectivity index is 0.00000625. The standard InChI is InChI=1S/C18H31N3O3S.ClH/c1-6-21(7-2)25(23,24)16-10-8-15(9-11-16)17(22)20-18(5,13-19)12-14(3)4;/h8-11,14H,6-7,12-13,19H2,1-5H3,(H,20,22);1H. The fraction of sp³-hybridized carbons (Fsp3) is 0.611. The first-order valence-corrected chi connectivity index (χ1v) is 10.2. The van der Waals surface area contributed by atoms with Crippen LogP contribution in [0.15, 0.2) is 29.2 Å². The molecule has 0 aromatic heterocycles. The minimum atomic E-state index is -3.52. The van der Waals surface area contributed by atoms with Gasteiger partial charge in [-0.1, -0.05) is 27.7 Å². The number of sulfonamides is 1. The molecule has 0 bridgehead atoms. The van der Waals surface area contributed by atoms with Gasteiger partial charge in [0.2, 0.25) is 10.0 Å². The van der Waals surface area contributed by atoms with Crippen LogP contribution in [0, 0.1) is 5.92 Å². The lowest BCUT2D eigenvalue weighted by molar-refractivity contribution is 0.0898. The third-order valence-corrected chi connectivity index (χ3v) is 6.25. The molecular formula is C18H32ClN3O3S. The number of hydrogen-bond donors (Lipinski definition) is 2. The van der Waals surface area contributed by atoms with Gasteiger partial charge in [0.1, 0.15) is 0 Å². The average Bonchev–Trinajstić information content (AvgIpc) is 2.55. The summed E-state index contributed by atoms with van der Waals surface area (Å²) in [6, 6.07) is 6.03. The van der Waals surface area contributed by atoms with Crippen LogP contribution in [0.25, 0.3) is 0 Å². The van der Waals surface area contributed by atoms with Gasteiger partial charge in [-0.25, -0.2) is 8.42 Å². The van der Waals surface area contributed by atoms with E-state index in [0.717, 1.165) is 6.42 Å². The number of nitrogens with two attached hydrogens (primary N) is 1. The van der Waals surface area contributed by atoms with Crippen molar-refractivity contribution in [3.63, 3.8) is 0 Å². The summed E-state index contributed by atoms with van der Waals surface area (Å²) in [5.74, 6) is 0.149. The summed E-state index contributed by atoms with van der Waals surface area (Å²) in [5.41, 5.74) is 5.76. The van der Waals surface area contributed by atoms with Gasteiger partial charge in [0.15, 0.2) is 0 Å². The molecule has 0 heterocycles. The monoisotopic (exact) mass is 405 g/mol. The van der Waals surface area contributed by atoms with Crippen molar-refractivity contribution in [2.45, 2.75) is 51.5 Å². The summed E-state index contributed by atoms with van der Waals surface area (Å²) in [6.45, 7) is 10.8. The molecule has 0 radical (unpaired) electrons. The normalized spacial score (nSPS) is 14.0. The number of hydrogen-bond acceptors (Lipinski definition) is 4. The van der Waals surface area contributed by atoms with Crippen molar-refractivity contribution in [1.82, 2.24) is 9.62 Å².